The Balaban J connectivity index is 3.43. The van der Waals surface area contributed by atoms with Gasteiger partial charge in [-0.05, 0) is 18.8 Å². The number of hydrogen-bond donors (Lipinski definition) is 2. The Morgan fingerprint density at radius 3 is 1.36 bits per heavy atom. The number of amides is 1. The van der Waals surface area contributed by atoms with E-state index in [9.17, 15) is 9.90 Å². The second-order valence-electron chi connectivity index (χ2n) is 8.83. The van der Waals surface area contributed by atoms with Crippen molar-refractivity contribution in [1.29, 1.82) is 0 Å². The molecule has 0 aromatic rings. The first kappa shape index (κ1) is 27.4. The van der Waals surface area contributed by atoms with Crippen molar-refractivity contribution in [2.24, 2.45) is 17.6 Å². The van der Waals surface area contributed by atoms with Gasteiger partial charge in [-0.2, -0.15) is 0 Å². The van der Waals surface area contributed by atoms with Crippen molar-refractivity contribution >= 4 is 5.91 Å². The van der Waals surface area contributed by atoms with Crippen LogP contribution in [0.1, 0.15) is 136 Å². The number of nitrogens with two attached hydrogens (primary N) is 1. The van der Waals surface area contributed by atoms with Crippen molar-refractivity contribution in [2.45, 2.75) is 136 Å². The Bertz CT molecular complexity index is 333. The van der Waals surface area contributed by atoms with Gasteiger partial charge in [-0.1, -0.05) is 123 Å². The van der Waals surface area contributed by atoms with Crippen LogP contribution in [0.5, 0.6) is 0 Å². The second-order valence-corrected chi connectivity index (χ2v) is 8.83. The van der Waals surface area contributed by atoms with Crippen LogP contribution in [0, 0.1) is 11.8 Å². The highest BCUT2D eigenvalue weighted by atomic mass is 16.3. The third-order valence-corrected chi connectivity index (χ3v) is 6.20. The lowest BCUT2D eigenvalue weighted by molar-refractivity contribution is -0.124. The third kappa shape index (κ3) is 16.4. The third-order valence-electron chi connectivity index (χ3n) is 6.20. The quantitative estimate of drug-likeness (QED) is 0.190. The van der Waals surface area contributed by atoms with Crippen LogP contribution < -0.4 is 5.73 Å². The van der Waals surface area contributed by atoms with Crippen LogP contribution in [0.15, 0.2) is 0 Å². The van der Waals surface area contributed by atoms with Gasteiger partial charge in [0.05, 0.1) is 0 Å². The topological polar surface area (TPSA) is 63.3 Å². The van der Waals surface area contributed by atoms with Gasteiger partial charge in [0, 0.05) is 12.5 Å². The minimum absolute atomic E-state index is 0.0545. The Morgan fingerprint density at radius 2 is 1.04 bits per heavy atom. The molecule has 0 saturated carbocycles. The molecule has 0 radical (unpaired) electrons. The largest absolute Gasteiger partial charge is 0.396 e. The summed E-state index contributed by atoms with van der Waals surface area (Å²) >= 11 is 0. The van der Waals surface area contributed by atoms with E-state index >= 15 is 0 Å². The molecule has 0 aliphatic heterocycles. The molecule has 0 spiro atoms. The first-order chi connectivity index (χ1) is 13.7. The van der Waals surface area contributed by atoms with Gasteiger partial charge >= 0.3 is 0 Å². The Kier molecular flexibility index (Phi) is 20.7. The van der Waals surface area contributed by atoms with E-state index in [1.165, 1.54) is 96.3 Å². The summed E-state index contributed by atoms with van der Waals surface area (Å²) in [6, 6.07) is 0. The molecule has 3 nitrogen and oxygen atoms in total. The normalized spacial score (nSPS) is 13.5. The summed E-state index contributed by atoms with van der Waals surface area (Å²) in [5, 5.41) is 9.50. The smallest absolute Gasteiger partial charge is 0.220 e. The number of carbonyl (C=O) groups is 1. The highest BCUT2D eigenvalue weighted by molar-refractivity contribution is 5.76. The molecule has 3 heteroatoms. The number of unbranched alkanes of at least 4 members (excludes halogenated alkanes) is 15. The van der Waals surface area contributed by atoms with Gasteiger partial charge in [-0.15, -0.1) is 0 Å². The average molecular weight is 398 g/mol. The van der Waals surface area contributed by atoms with E-state index in [-0.39, 0.29) is 24.3 Å². The van der Waals surface area contributed by atoms with Crippen LogP contribution in [0.3, 0.4) is 0 Å². The zero-order chi connectivity index (χ0) is 20.9. The van der Waals surface area contributed by atoms with Crippen molar-refractivity contribution in [3.8, 4) is 0 Å². The Morgan fingerprint density at radius 1 is 0.643 bits per heavy atom. The molecule has 0 rings (SSSR count). The van der Waals surface area contributed by atoms with Crippen molar-refractivity contribution in [2.75, 3.05) is 6.61 Å². The van der Waals surface area contributed by atoms with Crippen molar-refractivity contribution in [3.05, 3.63) is 0 Å². The summed E-state index contributed by atoms with van der Waals surface area (Å²) in [5.41, 5.74) is 5.56. The highest BCUT2D eigenvalue weighted by Crippen LogP contribution is 2.23. The van der Waals surface area contributed by atoms with Gasteiger partial charge in [0.15, 0.2) is 0 Å². The summed E-state index contributed by atoms with van der Waals surface area (Å²) in [5.74, 6) is -0.316. The van der Waals surface area contributed by atoms with Gasteiger partial charge in [0.2, 0.25) is 5.91 Å². The van der Waals surface area contributed by atoms with Gasteiger partial charge in [-0.3, -0.25) is 4.79 Å². The maximum atomic E-state index is 11.7. The van der Waals surface area contributed by atoms with E-state index in [2.05, 4.69) is 13.8 Å². The molecule has 3 N–H and O–H groups in total. The van der Waals surface area contributed by atoms with E-state index in [1.54, 1.807) is 0 Å². The van der Waals surface area contributed by atoms with Crippen LogP contribution in [-0.2, 0) is 4.79 Å². The summed E-state index contributed by atoms with van der Waals surface area (Å²) in [6.07, 6.45) is 24.5. The lowest BCUT2D eigenvalue weighted by Gasteiger charge is -2.22. The number of aliphatic hydroxyl groups excluding tert-OH is 1. The molecule has 0 aliphatic rings. The molecule has 2 atom stereocenters. The van der Waals surface area contributed by atoms with E-state index in [0.29, 0.717) is 0 Å². The standard InChI is InChI=1S/C25H51NO2/c1-3-5-6-7-8-9-10-11-12-13-14-15-16-17-18-19-21-24(25(26)28)23(22-27)20-4-2/h23-24,27H,3-22H2,1-2H3,(H2,26,28). The predicted molar refractivity (Wildman–Crippen MR) is 122 cm³/mol. The minimum atomic E-state index is -0.228. The van der Waals surface area contributed by atoms with Crippen LogP contribution >= 0.6 is 0 Å². The lowest BCUT2D eigenvalue weighted by atomic mass is 9.84. The maximum absolute atomic E-state index is 11.7. The molecule has 0 heterocycles. The zero-order valence-electron chi connectivity index (χ0n) is 19.2. The minimum Gasteiger partial charge on any atom is -0.396 e. The monoisotopic (exact) mass is 397 g/mol. The van der Waals surface area contributed by atoms with E-state index in [1.807, 2.05) is 0 Å². The Labute approximate surface area is 176 Å². The number of rotatable bonds is 22. The fourth-order valence-electron chi connectivity index (χ4n) is 4.31. The van der Waals surface area contributed by atoms with E-state index < -0.39 is 0 Å². The number of aliphatic hydroxyl groups is 1. The SMILES string of the molecule is CCCCCCCCCCCCCCCCCCC(C(N)=O)C(CO)CCC. The molecule has 28 heavy (non-hydrogen) atoms. The number of hydrogen-bond acceptors (Lipinski definition) is 2. The van der Waals surface area contributed by atoms with Crippen LogP contribution in [-0.4, -0.2) is 17.6 Å². The summed E-state index contributed by atoms with van der Waals surface area (Å²) < 4.78 is 0. The average Bonchev–Trinajstić information content (AvgIpc) is 2.69. The lowest BCUT2D eigenvalue weighted by Crippen LogP contribution is -2.32. The molecule has 2 unspecified atom stereocenters. The van der Waals surface area contributed by atoms with E-state index in [4.69, 9.17) is 5.73 Å². The number of carbonyl (C=O) groups excluding carboxylic acids is 1. The maximum Gasteiger partial charge on any atom is 0.220 e. The molecular formula is C25H51NO2. The molecule has 168 valence electrons. The molecule has 0 aromatic heterocycles. The Hall–Kier alpha value is -0.570. The van der Waals surface area contributed by atoms with E-state index in [0.717, 1.165) is 25.7 Å². The van der Waals surface area contributed by atoms with Crippen molar-refractivity contribution in [3.63, 3.8) is 0 Å². The summed E-state index contributed by atoms with van der Waals surface area (Å²) in [6.45, 7) is 4.46. The molecular weight excluding hydrogens is 346 g/mol. The van der Waals surface area contributed by atoms with Crippen LogP contribution in [0.2, 0.25) is 0 Å². The summed E-state index contributed by atoms with van der Waals surface area (Å²) in [4.78, 5) is 11.7. The fourth-order valence-corrected chi connectivity index (χ4v) is 4.31. The van der Waals surface area contributed by atoms with Gasteiger partial charge in [-0.25, -0.2) is 0 Å². The number of primary amides is 1. The molecule has 0 aliphatic carbocycles. The molecule has 0 bridgehead atoms. The first-order valence-corrected chi connectivity index (χ1v) is 12.6. The van der Waals surface area contributed by atoms with Gasteiger partial charge < -0.3 is 10.8 Å². The van der Waals surface area contributed by atoms with Gasteiger partial charge in [0.25, 0.3) is 0 Å². The summed E-state index contributed by atoms with van der Waals surface area (Å²) in [7, 11) is 0. The zero-order valence-corrected chi connectivity index (χ0v) is 19.2. The van der Waals surface area contributed by atoms with Gasteiger partial charge in [0.1, 0.15) is 0 Å². The molecule has 0 aromatic carbocycles. The molecule has 0 saturated heterocycles. The van der Waals surface area contributed by atoms with Crippen molar-refractivity contribution in [1.82, 2.24) is 0 Å². The second kappa shape index (κ2) is 21.1. The van der Waals surface area contributed by atoms with Crippen LogP contribution in [0.4, 0.5) is 0 Å². The first-order valence-electron chi connectivity index (χ1n) is 12.6. The molecule has 1 amide bonds. The molecule has 0 fully saturated rings. The highest BCUT2D eigenvalue weighted by Gasteiger charge is 2.24. The van der Waals surface area contributed by atoms with Crippen molar-refractivity contribution < 1.29 is 9.90 Å². The predicted octanol–water partition coefficient (Wildman–Crippen LogP) is 7.15. The van der Waals surface area contributed by atoms with Crippen LogP contribution in [0.25, 0.3) is 0 Å². The fraction of sp³-hybridized carbons (Fsp3) is 0.960.